The van der Waals surface area contributed by atoms with E-state index in [9.17, 15) is 4.79 Å². The molecule has 0 radical (unpaired) electrons. The van der Waals surface area contributed by atoms with Gasteiger partial charge in [0, 0.05) is 23.7 Å². The topological polar surface area (TPSA) is 85.3 Å². The molecule has 1 amide bonds. The fourth-order valence-electron chi connectivity index (χ4n) is 2.23. The molecule has 3 aromatic rings. The molecule has 6 nitrogen and oxygen atoms in total. The minimum absolute atomic E-state index is 0.250. The molecule has 0 bridgehead atoms. The van der Waals surface area contributed by atoms with Crippen LogP contribution in [0.15, 0.2) is 48.5 Å². The molecule has 0 saturated heterocycles. The summed E-state index contributed by atoms with van der Waals surface area (Å²) in [4.78, 5) is 15.7. The first-order chi connectivity index (χ1) is 10.6. The first-order valence-corrected chi connectivity index (χ1v) is 7.09. The van der Waals surface area contributed by atoms with Crippen molar-refractivity contribution in [3.05, 3.63) is 54.2 Å². The number of hydrogen-bond acceptors (Lipinski definition) is 4. The fraction of sp³-hybridized carbons (Fsp3) is 0.188. The Morgan fingerprint density at radius 2 is 2.00 bits per heavy atom. The Balaban J connectivity index is 1.91. The predicted molar refractivity (Wildman–Crippen MR) is 84.8 cm³/mol. The summed E-state index contributed by atoms with van der Waals surface area (Å²) in [6.07, 6.45) is 0.529. The van der Waals surface area contributed by atoms with Gasteiger partial charge in [0.2, 0.25) is 11.9 Å². The second kappa shape index (κ2) is 5.85. The van der Waals surface area contributed by atoms with Crippen molar-refractivity contribution in [3.63, 3.8) is 0 Å². The van der Waals surface area contributed by atoms with E-state index in [2.05, 4.69) is 15.4 Å². The van der Waals surface area contributed by atoms with Gasteiger partial charge in [-0.15, -0.1) is 5.10 Å². The zero-order chi connectivity index (χ0) is 15.5. The summed E-state index contributed by atoms with van der Waals surface area (Å²) in [5.41, 5.74) is 7.89. The highest BCUT2D eigenvalue weighted by Crippen LogP contribution is 2.16. The van der Waals surface area contributed by atoms with E-state index in [0.717, 1.165) is 17.0 Å². The van der Waals surface area contributed by atoms with Crippen molar-refractivity contribution in [3.8, 4) is 0 Å². The second-order valence-electron chi connectivity index (χ2n) is 5.22. The van der Waals surface area contributed by atoms with Crippen LogP contribution in [0.5, 0.6) is 0 Å². The number of nitrogens with two attached hydrogens (primary N) is 1. The number of nitrogens with zero attached hydrogens (tertiary/aromatic N) is 3. The van der Waals surface area contributed by atoms with Gasteiger partial charge in [0.05, 0.1) is 0 Å². The smallest absolute Gasteiger partial charge is 0.247 e. The monoisotopic (exact) mass is 295 g/mol. The maximum Gasteiger partial charge on any atom is 0.247 e. The number of anilines is 2. The van der Waals surface area contributed by atoms with E-state index in [1.54, 1.807) is 11.4 Å². The number of hydrogen-bond donors (Lipinski definition) is 2. The molecule has 0 aliphatic heterocycles. The predicted octanol–water partition coefficient (Wildman–Crippen LogP) is 2.14. The van der Waals surface area contributed by atoms with Crippen molar-refractivity contribution in [2.24, 2.45) is 11.7 Å². The van der Waals surface area contributed by atoms with Gasteiger partial charge in [0.1, 0.15) is 0 Å². The molecule has 1 atom stereocenters. The third-order valence-electron chi connectivity index (χ3n) is 3.47. The SMILES string of the molecule is C[C@H](Cc1cccc2nc(Nc3ccccc3)nn12)C(N)=O. The van der Waals surface area contributed by atoms with E-state index < -0.39 is 0 Å². The highest BCUT2D eigenvalue weighted by Gasteiger charge is 2.13. The lowest BCUT2D eigenvalue weighted by atomic mass is 10.0. The Hall–Kier alpha value is -2.89. The molecule has 2 aromatic heterocycles. The van der Waals surface area contributed by atoms with Crippen LogP contribution in [0.4, 0.5) is 11.6 Å². The Bertz CT molecular complexity index is 797. The molecular weight excluding hydrogens is 278 g/mol. The Morgan fingerprint density at radius 3 is 2.73 bits per heavy atom. The van der Waals surface area contributed by atoms with Crippen molar-refractivity contribution in [2.45, 2.75) is 13.3 Å². The maximum atomic E-state index is 11.3. The van der Waals surface area contributed by atoms with Gasteiger partial charge in [-0.2, -0.15) is 4.98 Å². The normalized spacial score (nSPS) is 12.2. The molecule has 3 N–H and O–H groups in total. The molecule has 22 heavy (non-hydrogen) atoms. The van der Waals surface area contributed by atoms with Crippen LogP contribution in [-0.4, -0.2) is 20.5 Å². The Kier molecular flexibility index (Phi) is 3.74. The molecule has 6 heteroatoms. The third-order valence-corrected chi connectivity index (χ3v) is 3.47. The average Bonchev–Trinajstić information content (AvgIpc) is 2.91. The van der Waals surface area contributed by atoms with Crippen molar-refractivity contribution >= 4 is 23.2 Å². The van der Waals surface area contributed by atoms with E-state index in [1.807, 2.05) is 48.5 Å². The number of aromatic nitrogens is 3. The molecular formula is C16H17N5O. The highest BCUT2D eigenvalue weighted by molar-refractivity contribution is 5.76. The van der Waals surface area contributed by atoms with Crippen LogP contribution < -0.4 is 11.1 Å². The number of para-hydroxylation sites is 1. The summed E-state index contributed by atoms with van der Waals surface area (Å²) in [6, 6.07) is 15.4. The molecule has 3 rings (SSSR count). The van der Waals surface area contributed by atoms with Gasteiger partial charge in [-0.3, -0.25) is 4.79 Å². The molecule has 0 aliphatic rings. The molecule has 2 heterocycles. The van der Waals surface area contributed by atoms with Crippen LogP contribution in [-0.2, 0) is 11.2 Å². The molecule has 0 saturated carbocycles. The van der Waals surface area contributed by atoms with Gasteiger partial charge in [-0.25, -0.2) is 4.52 Å². The average molecular weight is 295 g/mol. The van der Waals surface area contributed by atoms with Crippen LogP contribution in [0.2, 0.25) is 0 Å². The lowest BCUT2D eigenvalue weighted by Crippen LogP contribution is -2.23. The van der Waals surface area contributed by atoms with Gasteiger partial charge >= 0.3 is 0 Å². The summed E-state index contributed by atoms with van der Waals surface area (Å²) in [7, 11) is 0. The van der Waals surface area contributed by atoms with Crippen LogP contribution in [0.3, 0.4) is 0 Å². The van der Waals surface area contributed by atoms with Crippen LogP contribution in [0.25, 0.3) is 5.65 Å². The molecule has 0 spiro atoms. The van der Waals surface area contributed by atoms with Crippen LogP contribution >= 0.6 is 0 Å². The number of rotatable bonds is 5. The van der Waals surface area contributed by atoms with Crippen molar-refractivity contribution in [1.82, 2.24) is 14.6 Å². The lowest BCUT2D eigenvalue weighted by Gasteiger charge is -2.08. The highest BCUT2D eigenvalue weighted by atomic mass is 16.1. The number of fused-ring (bicyclic) bond motifs is 1. The number of carbonyl (C=O) groups excluding carboxylic acids is 1. The number of primary amides is 1. The largest absolute Gasteiger partial charge is 0.369 e. The van der Waals surface area contributed by atoms with Crippen molar-refractivity contribution in [2.75, 3.05) is 5.32 Å². The van der Waals surface area contributed by atoms with E-state index in [1.165, 1.54) is 0 Å². The summed E-state index contributed by atoms with van der Waals surface area (Å²) in [5, 5.41) is 7.62. The summed E-state index contributed by atoms with van der Waals surface area (Å²) in [5.74, 6) is -0.0505. The number of carbonyl (C=O) groups is 1. The summed E-state index contributed by atoms with van der Waals surface area (Å²) < 4.78 is 1.74. The molecule has 0 unspecified atom stereocenters. The Labute approximate surface area is 128 Å². The van der Waals surface area contributed by atoms with Gasteiger partial charge in [-0.1, -0.05) is 31.2 Å². The quantitative estimate of drug-likeness (QED) is 0.755. The molecule has 0 aliphatic carbocycles. The number of amides is 1. The first-order valence-electron chi connectivity index (χ1n) is 7.09. The first kappa shape index (κ1) is 14.1. The number of benzene rings is 1. The lowest BCUT2D eigenvalue weighted by molar-refractivity contribution is -0.121. The van der Waals surface area contributed by atoms with Crippen molar-refractivity contribution in [1.29, 1.82) is 0 Å². The molecule has 112 valence electrons. The fourth-order valence-corrected chi connectivity index (χ4v) is 2.23. The number of nitrogens with one attached hydrogen (secondary N) is 1. The van der Waals surface area contributed by atoms with E-state index in [4.69, 9.17) is 5.73 Å². The van der Waals surface area contributed by atoms with E-state index in [0.29, 0.717) is 12.4 Å². The standard InChI is InChI=1S/C16H17N5O/c1-11(15(17)22)10-13-8-5-9-14-19-16(20-21(13)14)18-12-6-3-2-4-7-12/h2-9,11H,10H2,1H3,(H2,17,22)(H,18,20)/t11-/m1/s1. The van der Waals surface area contributed by atoms with E-state index >= 15 is 0 Å². The third kappa shape index (κ3) is 2.90. The van der Waals surface area contributed by atoms with Gasteiger partial charge in [-0.05, 0) is 24.3 Å². The zero-order valence-electron chi connectivity index (χ0n) is 12.2. The summed E-state index contributed by atoms with van der Waals surface area (Å²) >= 11 is 0. The van der Waals surface area contributed by atoms with Crippen LogP contribution in [0, 0.1) is 5.92 Å². The van der Waals surface area contributed by atoms with Gasteiger partial charge in [0.25, 0.3) is 0 Å². The minimum Gasteiger partial charge on any atom is -0.369 e. The zero-order valence-corrected chi connectivity index (χ0v) is 12.2. The van der Waals surface area contributed by atoms with Crippen molar-refractivity contribution < 1.29 is 4.79 Å². The van der Waals surface area contributed by atoms with Gasteiger partial charge < -0.3 is 11.1 Å². The molecule has 0 fully saturated rings. The minimum atomic E-state index is -0.320. The van der Waals surface area contributed by atoms with Gasteiger partial charge in [0.15, 0.2) is 5.65 Å². The number of pyridine rings is 1. The second-order valence-corrected chi connectivity index (χ2v) is 5.22. The molecule has 1 aromatic carbocycles. The summed E-state index contributed by atoms with van der Waals surface area (Å²) in [6.45, 7) is 1.81. The maximum absolute atomic E-state index is 11.3. The van der Waals surface area contributed by atoms with Crippen LogP contribution in [0.1, 0.15) is 12.6 Å². The Morgan fingerprint density at radius 1 is 1.23 bits per heavy atom. The van der Waals surface area contributed by atoms with E-state index in [-0.39, 0.29) is 11.8 Å².